The van der Waals surface area contributed by atoms with Gasteiger partial charge in [-0.3, -0.25) is 4.79 Å². The van der Waals surface area contributed by atoms with Crippen LogP contribution in [0.5, 0.6) is 0 Å². The molecule has 0 fully saturated rings. The Morgan fingerprint density at radius 2 is 1.47 bits per heavy atom. The molecule has 0 atom stereocenters. The Balaban J connectivity index is 2.36. The molecule has 0 saturated heterocycles. The van der Waals surface area contributed by atoms with E-state index < -0.39 is 0 Å². The molecule has 2 aromatic carbocycles. The highest BCUT2D eigenvalue weighted by atomic mass is 19.1. The molecular formula is C17H17FO. The summed E-state index contributed by atoms with van der Waals surface area (Å²) >= 11 is 0. The van der Waals surface area contributed by atoms with Gasteiger partial charge >= 0.3 is 0 Å². The largest absolute Gasteiger partial charge is 0.289 e. The van der Waals surface area contributed by atoms with E-state index in [4.69, 9.17) is 0 Å². The molecule has 0 spiro atoms. The molecule has 0 amide bonds. The first-order valence-corrected chi connectivity index (χ1v) is 6.57. The van der Waals surface area contributed by atoms with Crippen molar-refractivity contribution in [2.75, 3.05) is 0 Å². The van der Waals surface area contributed by atoms with Crippen molar-refractivity contribution in [1.82, 2.24) is 0 Å². The molecule has 98 valence electrons. The van der Waals surface area contributed by atoms with Crippen LogP contribution in [0.4, 0.5) is 4.39 Å². The summed E-state index contributed by atoms with van der Waals surface area (Å²) < 4.78 is 12.9. The van der Waals surface area contributed by atoms with E-state index in [1.54, 1.807) is 0 Å². The Kier molecular flexibility index (Phi) is 4.10. The molecule has 1 nitrogen and oxygen atoms in total. The van der Waals surface area contributed by atoms with Gasteiger partial charge in [-0.05, 0) is 54.3 Å². The summed E-state index contributed by atoms with van der Waals surface area (Å²) in [7, 11) is 0. The second-order valence-electron chi connectivity index (χ2n) is 4.53. The van der Waals surface area contributed by atoms with E-state index in [1.165, 1.54) is 35.4 Å². The third-order valence-corrected chi connectivity index (χ3v) is 3.34. The van der Waals surface area contributed by atoms with E-state index in [2.05, 4.69) is 13.8 Å². The molecule has 0 heterocycles. The average molecular weight is 256 g/mol. The van der Waals surface area contributed by atoms with E-state index in [9.17, 15) is 9.18 Å². The fourth-order valence-electron chi connectivity index (χ4n) is 2.21. The zero-order valence-electron chi connectivity index (χ0n) is 11.2. The first-order chi connectivity index (χ1) is 9.15. The molecular weight excluding hydrogens is 239 g/mol. The van der Waals surface area contributed by atoms with Crippen molar-refractivity contribution in [1.29, 1.82) is 0 Å². The number of halogens is 1. The van der Waals surface area contributed by atoms with Gasteiger partial charge in [0.1, 0.15) is 5.82 Å². The Hall–Kier alpha value is -1.96. The number of hydrogen-bond donors (Lipinski definition) is 0. The van der Waals surface area contributed by atoms with Crippen molar-refractivity contribution in [3.63, 3.8) is 0 Å². The van der Waals surface area contributed by atoms with Crippen LogP contribution in [0, 0.1) is 5.82 Å². The lowest BCUT2D eigenvalue weighted by atomic mass is 9.96. The van der Waals surface area contributed by atoms with Crippen LogP contribution in [0.3, 0.4) is 0 Å². The average Bonchev–Trinajstić information content (AvgIpc) is 2.46. The molecule has 0 aliphatic rings. The first kappa shape index (κ1) is 13.5. The topological polar surface area (TPSA) is 17.1 Å². The van der Waals surface area contributed by atoms with Gasteiger partial charge in [0, 0.05) is 11.1 Å². The van der Waals surface area contributed by atoms with Crippen LogP contribution in [0.15, 0.2) is 42.5 Å². The number of carbonyl (C=O) groups is 1. The normalized spacial score (nSPS) is 10.5. The van der Waals surface area contributed by atoms with Gasteiger partial charge in [0.05, 0.1) is 0 Å². The van der Waals surface area contributed by atoms with Crippen molar-refractivity contribution in [3.05, 3.63) is 70.5 Å². The lowest BCUT2D eigenvalue weighted by Gasteiger charge is -2.08. The van der Waals surface area contributed by atoms with Crippen molar-refractivity contribution < 1.29 is 9.18 Å². The highest BCUT2D eigenvalue weighted by Crippen LogP contribution is 2.17. The molecule has 0 radical (unpaired) electrons. The van der Waals surface area contributed by atoms with Crippen LogP contribution in [0.1, 0.15) is 40.9 Å². The maximum atomic E-state index is 12.9. The van der Waals surface area contributed by atoms with Gasteiger partial charge < -0.3 is 0 Å². The molecule has 0 aromatic heterocycles. The number of benzene rings is 2. The van der Waals surface area contributed by atoms with E-state index in [0.717, 1.165) is 12.8 Å². The summed E-state index contributed by atoms with van der Waals surface area (Å²) in [5.41, 5.74) is 3.67. The third kappa shape index (κ3) is 2.90. The first-order valence-electron chi connectivity index (χ1n) is 6.57. The number of carbonyl (C=O) groups excluding carboxylic acids is 1. The minimum Gasteiger partial charge on any atom is -0.289 e. The summed E-state index contributed by atoms with van der Waals surface area (Å²) in [6.07, 6.45) is 1.88. The van der Waals surface area contributed by atoms with E-state index in [1.807, 2.05) is 18.2 Å². The van der Waals surface area contributed by atoms with Gasteiger partial charge in [-0.1, -0.05) is 26.0 Å². The fraction of sp³-hybridized carbons (Fsp3) is 0.235. The maximum absolute atomic E-state index is 12.9. The predicted molar refractivity (Wildman–Crippen MR) is 75.0 cm³/mol. The molecule has 0 saturated carbocycles. The van der Waals surface area contributed by atoms with Crippen molar-refractivity contribution in [2.45, 2.75) is 26.7 Å². The summed E-state index contributed by atoms with van der Waals surface area (Å²) in [5, 5.41) is 0. The second kappa shape index (κ2) is 5.79. The molecule has 0 aliphatic carbocycles. The van der Waals surface area contributed by atoms with Gasteiger partial charge in [0.25, 0.3) is 0 Å². The Morgan fingerprint density at radius 3 is 2.05 bits per heavy atom. The smallest absolute Gasteiger partial charge is 0.193 e. The zero-order chi connectivity index (χ0) is 13.8. The predicted octanol–water partition coefficient (Wildman–Crippen LogP) is 4.18. The molecule has 0 aliphatic heterocycles. The summed E-state index contributed by atoms with van der Waals surface area (Å²) in [6.45, 7) is 4.19. The van der Waals surface area contributed by atoms with Crippen LogP contribution in [-0.4, -0.2) is 5.78 Å². The monoisotopic (exact) mass is 256 g/mol. The van der Waals surface area contributed by atoms with Crippen LogP contribution in [-0.2, 0) is 12.8 Å². The summed E-state index contributed by atoms with van der Waals surface area (Å²) in [4.78, 5) is 12.3. The molecule has 2 aromatic rings. The Labute approximate surface area is 113 Å². The number of ketones is 1. The molecule has 0 unspecified atom stereocenters. The number of aryl methyl sites for hydroxylation is 2. The Bertz CT molecular complexity index is 585. The van der Waals surface area contributed by atoms with Gasteiger partial charge in [-0.25, -0.2) is 4.39 Å². The quantitative estimate of drug-likeness (QED) is 0.750. The SMILES string of the molecule is CCc1ccc(C(=O)c2ccc(F)cc2)cc1CC. The third-order valence-electron chi connectivity index (χ3n) is 3.34. The molecule has 19 heavy (non-hydrogen) atoms. The van der Waals surface area contributed by atoms with Gasteiger partial charge in [-0.15, -0.1) is 0 Å². The van der Waals surface area contributed by atoms with E-state index in [-0.39, 0.29) is 11.6 Å². The fourth-order valence-corrected chi connectivity index (χ4v) is 2.21. The second-order valence-corrected chi connectivity index (χ2v) is 4.53. The zero-order valence-corrected chi connectivity index (χ0v) is 11.2. The lowest BCUT2D eigenvalue weighted by Crippen LogP contribution is -2.03. The molecule has 0 N–H and O–H groups in total. The van der Waals surface area contributed by atoms with Crippen LogP contribution in [0.2, 0.25) is 0 Å². The Morgan fingerprint density at radius 1 is 0.895 bits per heavy atom. The maximum Gasteiger partial charge on any atom is 0.193 e. The van der Waals surface area contributed by atoms with Crippen LogP contribution in [0.25, 0.3) is 0 Å². The van der Waals surface area contributed by atoms with Crippen LogP contribution < -0.4 is 0 Å². The number of hydrogen-bond acceptors (Lipinski definition) is 1. The van der Waals surface area contributed by atoms with Crippen LogP contribution >= 0.6 is 0 Å². The standard InChI is InChI=1S/C17H17FO/c1-3-12-5-6-15(11-13(12)4-2)17(19)14-7-9-16(18)10-8-14/h5-11H,3-4H2,1-2H3. The van der Waals surface area contributed by atoms with Crippen molar-refractivity contribution in [3.8, 4) is 0 Å². The van der Waals surface area contributed by atoms with E-state index in [0.29, 0.717) is 11.1 Å². The van der Waals surface area contributed by atoms with E-state index >= 15 is 0 Å². The van der Waals surface area contributed by atoms with Gasteiger partial charge in [0.15, 0.2) is 5.78 Å². The van der Waals surface area contributed by atoms with Crippen molar-refractivity contribution >= 4 is 5.78 Å². The van der Waals surface area contributed by atoms with Gasteiger partial charge in [0.2, 0.25) is 0 Å². The summed E-state index contributed by atoms with van der Waals surface area (Å²) in [5.74, 6) is -0.385. The highest BCUT2D eigenvalue weighted by molar-refractivity contribution is 6.09. The van der Waals surface area contributed by atoms with Crippen molar-refractivity contribution in [2.24, 2.45) is 0 Å². The van der Waals surface area contributed by atoms with Gasteiger partial charge in [-0.2, -0.15) is 0 Å². The minimum absolute atomic E-state index is 0.0580. The lowest BCUT2D eigenvalue weighted by molar-refractivity contribution is 0.103. The molecule has 2 heteroatoms. The highest BCUT2D eigenvalue weighted by Gasteiger charge is 2.11. The molecule has 2 rings (SSSR count). The molecule has 0 bridgehead atoms. The summed E-state index contributed by atoms with van der Waals surface area (Å²) in [6, 6.07) is 11.5. The number of rotatable bonds is 4. The minimum atomic E-state index is -0.327.